The third-order valence-corrected chi connectivity index (χ3v) is 6.36. The van der Waals surface area contributed by atoms with Gasteiger partial charge >= 0.3 is 0 Å². The summed E-state index contributed by atoms with van der Waals surface area (Å²) in [5.74, 6) is 0.429. The summed E-state index contributed by atoms with van der Waals surface area (Å²) in [6.45, 7) is 3.82. The van der Waals surface area contributed by atoms with Gasteiger partial charge in [0.25, 0.3) is 5.91 Å². The highest BCUT2D eigenvalue weighted by Crippen LogP contribution is 2.39. The number of nitrogens with one attached hydrogen (secondary N) is 1. The van der Waals surface area contributed by atoms with Crippen LogP contribution in [0.25, 0.3) is 5.69 Å². The Morgan fingerprint density at radius 1 is 0.935 bits per heavy atom. The largest absolute Gasteiger partial charge is 0.347 e. The molecule has 5 rings (SSSR count). The molecule has 5 nitrogen and oxygen atoms in total. The van der Waals surface area contributed by atoms with Crippen LogP contribution in [0, 0.1) is 0 Å². The quantitative estimate of drug-likeness (QED) is 0.611. The molecule has 1 aliphatic heterocycles. The van der Waals surface area contributed by atoms with Crippen LogP contribution in [0.5, 0.6) is 0 Å². The summed E-state index contributed by atoms with van der Waals surface area (Å²) >= 11 is 0. The van der Waals surface area contributed by atoms with Gasteiger partial charge in [-0.1, -0.05) is 48.9 Å². The van der Waals surface area contributed by atoms with Crippen molar-refractivity contribution in [3.8, 4) is 5.69 Å². The van der Waals surface area contributed by atoms with Crippen molar-refractivity contribution in [1.82, 2.24) is 20.0 Å². The van der Waals surface area contributed by atoms with Gasteiger partial charge in [-0.05, 0) is 68.1 Å². The normalized spacial score (nSPS) is 16.9. The molecule has 3 aromatic rings. The van der Waals surface area contributed by atoms with Crippen molar-refractivity contribution in [2.75, 3.05) is 13.1 Å². The summed E-state index contributed by atoms with van der Waals surface area (Å²) < 4.78 is 1.79. The number of para-hydroxylation sites is 1. The van der Waals surface area contributed by atoms with Crippen molar-refractivity contribution in [2.24, 2.45) is 0 Å². The summed E-state index contributed by atoms with van der Waals surface area (Å²) in [6.07, 6.45) is 6.23. The van der Waals surface area contributed by atoms with Crippen LogP contribution < -0.4 is 5.32 Å². The highest BCUT2D eigenvalue weighted by Gasteiger charge is 2.29. The van der Waals surface area contributed by atoms with Crippen LogP contribution in [-0.2, 0) is 13.1 Å². The molecule has 1 amide bonds. The van der Waals surface area contributed by atoms with E-state index in [4.69, 9.17) is 5.10 Å². The third kappa shape index (κ3) is 4.72. The van der Waals surface area contributed by atoms with E-state index in [0.29, 0.717) is 18.2 Å². The molecule has 2 fully saturated rings. The summed E-state index contributed by atoms with van der Waals surface area (Å²) in [4.78, 5) is 15.7. The van der Waals surface area contributed by atoms with Crippen molar-refractivity contribution < 1.29 is 4.79 Å². The fourth-order valence-corrected chi connectivity index (χ4v) is 4.41. The Labute approximate surface area is 184 Å². The number of benzene rings is 2. The summed E-state index contributed by atoms with van der Waals surface area (Å²) in [6, 6.07) is 20.4. The van der Waals surface area contributed by atoms with Gasteiger partial charge in [0.2, 0.25) is 0 Å². The Balaban J connectivity index is 1.32. The molecule has 0 bridgehead atoms. The highest BCUT2D eigenvalue weighted by atomic mass is 16.2. The molecule has 1 saturated heterocycles. The molecule has 1 N–H and O–H groups in total. The second-order valence-corrected chi connectivity index (χ2v) is 8.76. The van der Waals surface area contributed by atoms with Crippen molar-refractivity contribution in [3.05, 3.63) is 83.2 Å². The van der Waals surface area contributed by atoms with Crippen LogP contribution in [0.3, 0.4) is 0 Å². The number of carbonyl (C=O) groups excluding carboxylic acids is 1. The van der Waals surface area contributed by atoms with Gasteiger partial charge in [0, 0.05) is 19.0 Å². The molecule has 2 aromatic carbocycles. The molecule has 1 aromatic heterocycles. The highest BCUT2D eigenvalue weighted by molar-refractivity contribution is 5.93. The lowest BCUT2D eigenvalue weighted by atomic mass is 10.0. The molecular formula is C26H30N4O. The van der Waals surface area contributed by atoms with E-state index in [1.54, 1.807) is 4.68 Å². The molecule has 2 aliphatic rings. The molecular weight excluding hydrogens is 384 g/mol. The monoisotopic (exact) mass is 414 g/mol. The number of aromatic nitrogens is 2. The maximum atomic E-state index is 13.2. The lowest BCUT2D eigenvalue weighted by molar-refractivity contribution is 0.0943. The van der Waals surface area contributed by atoms with Crippen molar-refractivity contribution in [3.63, 3.8) is 0 Å². The zero-order valence-corrected chi connectivity index (χ0v) is 18.0. The van der Waals surface area contributed by atoms with Gasteiger partial charge in [-0.25, -0.2) is 4.68 Å². The minimum absolute atomic E-state index is 0.0731. The van der Waals surface area contributed by atoms with E-state index in [2.05, 4.69) is 34.5 Å². The SMILES string of the molecule is O=C(NCc1ccccc1CN1CCCCC1)c1cc(C2CC2)nn1-c1ccccc1. The number of rotatable bonds is 7. The number of piperidine rings is 1. The molecule has 31 heavy (non-hydrogen) atoms. The van der Waals surface area contributed by atoms with Crippen molar-refractivity contribution >= 4 is 5.91 Å². The maximum absolute atomic E-state index is 13.2. The van der Waals surface area contributed by atoms with Crippen molar-refractivity contribution in [2.45, 2.75) is 51.1 Å². The predicted octanol–water partition coefficient (Wildman–Crippen LogP) is 4.67. The first-order chi connectivity index (χ1) is 15.3. The van der Waals surface area contributed by atoms with Gasteiger partial charge in [-0.3, -0.25) is 9.69 Å². The Kier molecular flexibility index (Phi) is 5.85. The molecule has 160 valence electrons. The zero-order chi connectivity index (χ0) is 21.0. The standard InChI is InChI=1S/C26H30N4O/c31-26(25-17-24(20-13-14-20)28-30(25)23-11-3-1-4-12-23)27-18-21-9-5-6-10-22(21)19-29-15-7-2-8-16-29/h1,3-6,9-12,17,20H,2,7-8,13-16,18-19H2,(H,27,31). The van der Waals surface area contributed by atoms with Gasteiger partial charge in [0.15, 0.2) is 0 Å². The van der Waals surface area contributed by atoms with Gasteiger partial charge in [0.05, 0.1) is 11.4 Å². The summed E-state index contributed by atoms with van der Waals surface area (Å²) in [5, 5.41) is 7.92. The lowest BCUT2D eigenvalue weighted by Gasteiger charge is -2.27. The van der Waals surface area contributed by atoms with Gasteiger partial charge in [0.1, 0.15) is 5.69 Å². The fraction of sp³-hybridized carbons (Fsp3) is 0.385. The Morgan fingerprint density at radius 2 is 1.65 bits per heavy atom. The van der Waals surface area contributed by atoms with Crippen LogP contribution in [0.4, 0.5) is 0 Å². The van der Waals surface area contributed by atoms with E-state index in [-0.39, 0.29) is 5.91 Å². The summed E-state index contributed by atoms with van der Waals surface area (Å²) in [7, 11) is 0. The number of carbonyl (C=O) groups is 1. The van der Waals surface area contributed by atoms with E-state index < -0.39 is 0 Å². The van der Waals surface area contributed by atoms with Crippen molar-refractivity contribution in [1.29, 1.82) is 0 Å². The average Bonchev–Trinajstić information content (AvgIpc) is 3.58. The van der Waals surface area contributed by atoms with Crippen LogP contribution in [0.15, 0.2) is 60.7 Å². The first kappa shape index (κ1) is 20.0. The molecule has 0 atom stereocenters. The van der Waals surface area contributed by atoms with E-state index in [0.717, 1.165) is 30.8 Å². The maximum Gasteiger partial charge on any atom is 0.270 e. The third-order valence-electron chi connectivity index (χ3n) is 6.36. The average molecular weight is 415 g/mol. The second kappa shape index (κ2) is 9.06. The number of likely N-dealkylation sites (tertiary alicyclic amines) is 1. The second-order valence-electron chi connectivity index (χ2n) is 8.76. The van der Waals surface area contributed by atoms with Gasteiger partial charge < -0.3 is 5.32 Å². The van der Waals surface area contributed by atoms with E-state index in [1.807, 2.05) is 36.4 Å². The molecule has 0 unspecified atom stereocenters. The Hall–Kier alpha value is -2.92. The molecule has 2 heterocycles. The molecule has 1 saturated carbocycles. The lowest BCUT2D eigenvalue weighted by Crippen LogP contribution is -2.30. The summed E-state index contributed by atoms with van der Waals surface area (Å²) in [5.41, 5.74) is 5.06. The van der Waals surface area contributed by atoms with E-state index in [9.17, 15) is 4.79 Å². The minimum atomic E-state index is -0.0731. The zero-order valence-electron chi connectivity index (χ0n) is 18.0. The van der Waals surface area contributed by atoms with Gasteiger partial charge in [-0.15, -0.1) is 0 Å². The number of amides is 1. The van der Waals surface area contributed by atoms with Crippen LogP contribution in [0.1, 0.15) is 65.3 Å². The Bertz CT molecular complexity index is 1030. The van der Waals surface area contributed by atoms with E-state index >= 15 is 0 Å². The fourth-order valence-electron chi connectivity index (χ4n) is 4.41. The number of nitrogens with zero attached hydrogens (tertiary/aromatic N) is 3. The predicted molar refractivity (Wildman–Crippen MR) is 122 cm³/mol. The number of hydrogen-bond acceptors (Lipinski definition) is 3. The van der Waals surface area contributed by atoms with E-state index in [1.165, 1.54) is 43.5 Å². The smallest absolute Gasteiger partial charge is 0.270 e. The molecule has 0 radical (unpaired) electrons. The van der Waals surface area contributed by atoms with Crippen LogP contribution >= 0.6 is 0 Å². The van der Waals surface area contributed by atoms with Crippen LogP contribution in [0.2, 0.25) is 0 Å². The molecule has 5 heteroatoms. The minimum Gasteiger partial charge on any atom is -0.347 e. The molecule has 1 aliphatic carbocycles. The topological polar surface area (TPSA) is 50.2 Å². The van der Waals surface area contributed by atoms with Gasteiger partial charge in [-0.2, -0.15) is 5.10 Å². The first-order valence-electron chi connectivity index (χ1n) is 11.5. The van der Waals surface area contributed by atoms with Crippen LogP contribution in [-0.4, -0.2) is 33.7 Å². The molecule has 0 spiro atoms. The first-order valence-corrected chi connectivity index (χ1v) is 11.5. The number of hydrogen-bond donors (Lipinski definition) is 1. The Morgan fingerprint density at radius 3 is 2.39 bits per heavy atom.